The van der Waals surface area contributed by atoms with E-state index < -0.39 is 27.0 Å². The Bertz CT molecular complexity index is 1160. The van der Waals surface area contributed by atoms with E-state index in [2.05, 4.69) is 13.5 Å². The summed E-state index contributed by atoms with van der Waals surface area (Å²) in [5.74, 6) is -0.639. The SMILES string of the molecule is CCOC(=O)C[C@@H](NS(=O)(=O)c1cccc2nsnc12)c1cccc([N+](=O)[O-])c1. The first kappa shape index (κ1) is 20.8. The Hall–Kier alpha value is -2.96. The van der Waals surface area contributed by atoms with E-state index in [1.165, 1.54) is 36.4 Å². The molecule has 0 aliphatic carbocycles. The van der Waals surface area contributed by atoms with Crippen LogP contribution in [0.25, 0.3) is 11.0 Å². The smallest absolute Gasteiger partial charge is 0.307 e. The number of nitro benzene ring substituents is 1. The second kappa shape index (κ2) is 8.59. The van der Waals surface area contributed by atoms with E-state index in [0.29, 0.717) is 5.52 Å². The molecular weight excluding hydrogens is 420 g/mol. The van der Waals surface area contributed by atoms with Gasteiger partial charge in [-0.3, -0.25) is 14.9 Å². The maximum absolute atomic E-state index is 13.0. The molecule has 0 radical (unpaired) electrons. The van der Waals surface area contributed by atoms with Crippen LogP contribution in [0.2, 0.25) is 0 Å². The van der Waals surface area contributed by atoms with Crippen molar-refractivity contribution in [2.45, 2.75) is 24.3 Å². The van der Waals surface area contributed by atoms with E-state index in [0.717, 1.165) is 11.7 Å². The summed E-state index contributed by atoms with van der Waals surface area (Å²) in [6.45, 7) is 1.75. The highest BCUT2D eigenvalue weighted by atomic mass is 32.2. The number of ether oxygens (including phenoxy) is 1. The van der Waals surface area contributed by atoms with Crippen LogP contribution in [-0.4, -0.2) is 34.7 Å². The summed E-state index contributed by atoms with van der Waals surface area (Å²) < 4.78 is 41.5. The Labute approximate surface area is 170 Å². The van der Waals surface area contributed by atoms with Gasteiger partial charge in [0, 0.05) is 12.1 Å². The van der Waals surface area contributed by atoms with Crippen molar-refractivity contribution in [1.29, 1.82) is 0 Å². The standard InChI is InChI=1S/C17H16N4O6S2/c1-2-27-16(22)10-14(11-5-3-6-12(9-11)21(23)24)20-29(25,26)15-8-4-7-13-17(15)19-28-18-13/h3-9,14,20H,2,10H2,1H3/t14-/m1/s1. The highest BCUT2D eigenvalue weighted by Gasteiger charge is 2.27. The van der Waals surface area contributed by atoms with Crippen molar-refractivity contribution in [3.8, 4) is 0 Å². The Kier molecular flexibility index (Phi) is 6.15. The fourth-order valence-electron chi connectivity index (χ4n) is 2.72. The lowest BCUT2D eigenvalue weighted by Crippen LogP contribution is -2.31. The number of carbonyl (C=O) groups excluding carboxylic acids is 1. The van der Waals surface area contributed by atoms with Crippen LogP contribution in [0.3, 0.4) is 0 Å². The summed E-state index contributed by atoms with van der Waals surface area (Å²) >= 11 is 0.880. The molecule has 1 aromatic heterocycles. The maximum atomic E-state index is 13.0. The predicted molar refractivity (Wildman–Crippen MR) is 105 cm³/mol. The second-order valence-electron chi connectivity index (χ2n) is 5.92. The number of nitrogens with one attached hydrogen (secondary N) is 1. The monoisotopic (exact) mass is 436 g/mol. The molecule has 0 spiro atoms. The molecule has 0 aliphatic heterocycles. The molecule has 0 aliphatic rings. The lowest BCUT2D eigenvalue weighted by Gasteiger charge is -2.18. The Morgan fingerprint density at radius 1 is 1.28 bits per heavy atom. The van der Waals surface area contributed by atoms with Crippen LogP contribution in [-0.2, 0) is 19.6 Å². The van der Waals surface area contributed by atoms with Crippen LogP contribution in [0.4, 0.5) is 5.69 Å². The van der Waals surface area contributed by atoms with Gasteiger partial charge in [-0.15, -0.1) is 0 Å². The zero-order valence-corrected chi connectivity index (χ0v) is 16.8. The number of aromatic nitrogens is 2. The molecule has 3 rings (SSSR count). The summed E-state index contributed by atoms with van der Waals surface area (Å²) in [5.41, 5.74) is 0.676. The number of carbonyl (C=O) groups is 1. The quantitative estimate of drug-likeness (QED) is 0.323. The number of fused-ring (bicyclic) bond motifs is 1. The average Bonchev–Trinajstić information content (AvgIpc) is 3.16. The van der Waals surface area contributed by atoms with E-state index in [9.17, 15) is 23.3 Å². The zero-order valence-electron chi connectivity index (χ0n) is 15.1. The number of non-ortho nitro benzene ring substituents is 1. The van der Waals surface area contributed by atoms with Crippen molar-refractivity contribution in [1.82, 2.24) is 13.5 Å². The molecule has 0 unspecified atom stereocenters. The molecule has 0 amide bonds. The lowest BCUT2D eigenvalue weighted by atomic mass is 10.0. The first-order valence-corrected chi connectivity index (χ1v) is 10.7. The van der Waals surface area contributed by atoms with Gasteiger partial charge in [0.2, 0.25) is 10.0 Å². The number of hydrogen-bond acceptors (Lipinski definition) is 9. The third-order valence-electron chi connectivity index (χ3n) is 4.00. The van der Waals surface area contributed by atoms with E-state index in [-0.39, 0.29) is 34.7 Å². The van der Waals surface area contributed by atoms with E-state index in [4.69, 9.17) is 4.74 Å². The van der Waals surface area contributed by atoms with Gasteiger partial charge >= 0.3 is 5.97 Å². The minimum atomic E-state index is -4.12. The van der Waals surface area contributed by atoms with Gasteiger partial charge in [0.25, 0.3) is 5.69 Å². The Balaban J connectivity index is 2.00. The van der Waals surface area contributed by atoms with Crippen molar-refractivity contribution < 1.29 is 22.9 Å². The minimum Gasteiger partial charge on any atom is -0.466 e. The molecule has 29 heavy (non-hydrogen) atoms. The van der Waals surface area contributed by atoms with Gasteiger partial charge in [-0.1, -0.05) is 18.2 Å². The zero-order chi connectivity index (χ0) is 21.0. The highest BCUT2D eigenvalue weighted by Crippen LogP contribution is 2.27. The molecule has 0 saturated heterocycles. The highest BCUT2D eigenvalue weighted by molar-refractivity contribution is 7.89. The van der Waals surface area contributed by atoms with Crippen LogP contribution in [0, 0.1) is 10.1 Å². The number of sulfonamides is 1. The third-order valence-corrected chi connectivity index (χ3v) is 6.04. The maximum Gasteiger partial charge on any atom is 0.307 e. The summed E-state index contributed by atoms with van der Waals surface area (Å²) in [5, 5.41) is 11.1. The van der Waals surface area contributed by atoms with Gasteiger partial charge in [-0.2, -0.15) is 8.75 Å². The fourth-order valence-corrected chi connectivity index (χ4v) is 4.71. The molecule has 0 fully saturated rings. The Morgan fingerprint density at radius 3 is 2.76 bits per heavy atom. The normalized spacial score (nSPS) is 12.6. The van der Waals surface area contributed by atoms with Crippen molar-refractivity contribution >= 4 is 44.4 Å². The van der Waals surface area contributed by atoms with E-state index in [1.807, 2.05) is 0 Å². The van der Waals surface area contributed by atoms with Gasteiger partial charge in [-0.25, -0.2) is 13.1 Å². The molecular formula is C17H16N4O6S2. The molecule has 1 N–H and O–H groups in total. The van der Waals surface area contributed by atoms with Gasteiger partial charge in [0.05, 0.1) is 35.7 Å². The van der Waals surface area contributed by atoms with E-state index in [1.54, 1.807) is 13.0 Å². The van der Waals surface area contributed by atoms with E-state index >= 15 is 0 Å². The van der Waals surface area contributed by atoms with Crippen molar-refractivity contribution in [2.24, 2.45) is 0 Å². The van der Waals surface area contributed by atoms with Gasteiger partial charge < -0.3 is 4.74 Å². The molecule has 0 bridgehead atoms. The summed E-state index contributed by atoms with van der Waals surface area (Å²) in [6, 6.07) is 8.90. The Morgan fingerprint density at radius 2 is 2.03 bits per heavy atom. The number of nitrogens with zero attached hydrogens (tertiary/aromatic N) is 3. The number of esters is 1. The van der Waals surface area contributed by atoms with Gasteiger partial charge in [0.1, 0.15) is 15.9 Å². The summed E-state index contributed by atoms with van der Waals surface area (Å²) in [6.07, 6.45) is -0.334. The molecule has 10 nitrogen and oxygen atoms in total. The van der Waals surface area contributed by atoms with Crippen LogP contribution in [0.15, 0.2) is 47.4 Å². The largest absolute Gasteiger partial charge is 0.466 e. The average molecular weight is 436 g/mol. The van der Waals surface area contributed by atoms with Gasteiger partial charge in [0.15, 0.2) is 0 Å². The summed E-state index contributed by atoms with van der Waals surface area (Å²) in [7, 11) is -4.12. The molecule has 0 saturated carbocycles. The predicted octanol–water partition coefficient (Wildman–Crippen LogP) is 2.57. The van der Waals surface area contributed by atoms with Crippen molar-refractivity contribution in [3.05, 3.63) is 58.1 Å². The van der Waals surface area contributed by atoms with Crippen LogP contribution < -0.4 is 4.72 Å². The first-order valence-electron chi connectivity index (χ1n) is 8.45. The molecule has 152 valence electrons. The first-order chi connectivity index (χ1) is 13.8. The molecule has 1 heterocycles. The molecule has 2 aromatic carbocycles. The van der Waals surface area contributed by atoms with Crippen LogP contribution >= 0.6 is 11.7 Å². The number of hydrogen-bond donors (Lipinski definition) is 1. The van der Waals surface area contributed by atoms with Crippen LogP contribution in [0.1, 0.15) is 24.9 Å². The number of rotatable bonds is 8. The molecule has 1 atom stereocenters. The van der Waals surface area contributed by atoms with Crippen LogP contribution in [0.5, 0.6) is 0 Å². The topological polar surface area (TPSA) is 141 Å². The van der Waals surface area contributed by atoms with Crippen molar-refractivity contribution in [3.63, 3.8) is 0 Å². The number of benzene rings is 2. The summed E-state index contributed by atoms with van der Waals surface area (Å²) in [4.78, 5) is 22.4. The van der Waals surface area contributed by atoms with Crippen molar-refractivity contribution in [2.75, 3.05) is 6.61 Å². The third kappa shape index (κ3) is 4.72. The lowest BCUT2D eigenvalue weighted by molar-refractivity contribution is -0.384. The molecule has 3 aromatic rings. The minimum absolute atomic E-state index is 0.0944. The molecule has 12 heteroatoms. The second-order valence-corrected chi connectivity index (χ2v) is 8.13. The van der Waals surface area contributed by atoms with Gasteiger partial charge in [-0.05, 0) is 24.6 Å². The number of nitro groups is 1. The fraction of sp³-hybridized carbons (Fsp3) is 0.235.